The zero-order valence-electron chi connectivity index (χ0n) is 20.8. The lowest BCUT2D eigenvalue weighted by Gasteiger charge is -2.34. The molecule has 5 rings (SSSR count). The van der Waals surface area contributed by atoms with Gasteiger partial charge in [-0.15, -0.1) is 12.4 Å². The third-order valence-corrected chi connectivity index (χ3v) is 6.87. The first kappa shape index (κ1) is 23.7. The van der Waals surface area contributed by atoms with Crippen LogP contribution < -0.4 is 9.47 Å². The van der Waals surface area contributed by atoms with Crippen LogP contribution in [0.4, 0.5) is 0 Å². The number of halogens is 1. The average molecular weight is 472 g/mol. The molecule has 1 aromatic rings. The fourth-order valence-electron chi connectivity index (χ4n) is 5.76. The van der Waals surface area contributed by atoms with Crippen molar-refractivity contribution in [2.24, 2.45) is 10.4 Å². The van der Waals surface area contributed by atoms with Gasteiger partial charge in [0.15, 0.2) is 17.3 Å². The molecule has 0 aromatic heterocycles. The quantitative estimate of drug-likeness (QED) is 0.535. The lowest BCUT2D eigenvalue weighted by molar-refractivity contribution is 0.134. The summed E-state index contributed by atoms with van der Waals surface area (Å²) in [7, 11) is 3.42. The zero-order chi connectivity index (χ0) is 23.1. The van der Waals surface area contributed by atoms with E-state index >= 15 is 0 Å². The van der Waals surface area contributed by atoms with E-state index in [1.54, 1.807) is 20.5 Å². The topological polar surface area (TPSA) is 49.3 Å². The van der Waals surface area contributed by atoms with Gasteiger partial charge in [-0.05, 0) is 68.7 Å². The van der Waals surface area contributed by atoms with Crippen LogP contribution in [0.3, 0.4) is 0 Å². The number of rotatable bonds is 3. The van der Waals surface area contributed by atoms with Gasteiger partial charge in [-0.1, -0.05) is 13.8 Å². The summed E-state index contributed by atoms with van der Waals surface area (Å²) >= 11 is 0. The standard InChI is InChI=1S/C27H33NO4.ClH/c1-25(2)10-16-13-31-14-19(30-8)21(16)22(25)23-20-15(11-26(3,4)28-23)9-18(29-7)24-17(20)12-27(5,6)32-24;/h9,13-14H,10-12H2,1-8H3;1H. The molecule has 6 heteroatoms. The summed E-state index contributed by atoms with van der Waals surface area (Å²) in [5.41, 5.74) is 7.64. The van der Waals surface area contributed by atoms with E-state index in [1.165, 1.54) is 27.8 Å². The maximum Gasteiger partial charge on any atom is 0.166 e. The van der Waals surface area contributed by atoms with E-state index in [4.69, 9.17) is 23.9 Å². The van der Waals surface area contributed by atoms with E-state index in [0.717, 1.165) is 47.8 Å². The molecule has 0 atom stereocenters. The van der Waals surface area contributed by atoms with Crippen molar-refractivity contribution in [3.05, 3.63) is 57.8 Å². The second kappa shape index (κ2) is 7.56. The molecule has 0 unspecified atom stereocenters. The van der Waals surface area contributed by atoms with E-state index in [9.17, 15) is 0 Å². The van der Waals surface area contributed by atoms with Crippen LogP contribution in [0.15, 0.2) is 46.1 Å². The molecule has 0 fully saturated rings. The molecule has 0 spiro atoms. The van der Waals surface area contributed by atoms with Gasteiger partial charge in [-0.3, -0.25) is 4.99 Å². The number of hydrogen-bond acceptors (Lipinski definition) is 5. The van der Waals surface area contributed by atoms with Crippen molar-refractivity contribution < 1.29 is 18.9 Å². The summed E-state index contributed by atoms with van der Waals surface area (Å²) in [6.45, 7) is 13.3. The number of fused-ring (bicyclic) bond motifs is 4. The minimum Gasteiger partial charge on any atom is -0.493 e. The molecule has 3 aliphatic heterocycles. The number of benzene rings is 1. The van der Waals surface area contributed by atoms with Gasteiger partial charge in [0, 0.05) is 23.1 Å². The highest BCUT2D eigenvalue weighted by atomic mass is 35.5. The first-order chi connectivity index (χ1) is 15.0. The Labute approximate surface area is 203 Å². The van der Waals surface area contributed by atoms with Crippen LogP contribution in [-0.4, -0.2) is 31.1 Å². The summed E-state index contributed by atoms with van der Waals surface area (Å²) in [6.07, 6.45) is 6.11. The molecule has 33 heavy (non-hydrogen) atoms. The molecular formula is C27H34ClNO4. The van der Waals surface area contributed by atoms with Crippen molar-refractivity contribution in [2.75, 3.05) is 14.2 Å². The molecule has 4 aliphatic rings. The molecule has 178 valence electrons. The molecule has 1 aliphatic carbocycles. The van der Waals surface area contributed by atoms with Gasteiger partial charge in [0.2, 0.25) is 0 Å². The molecule has 0 amide bonds. The van der Waals surface area contributed by atoms with Crippen LogP contribution in [0, 0.1) is 5.41 Å². The van der Waals surface area contributed by atoms with Crippen LogP contribution in [0.1, 0.15) is 64.7 Å². The molecule has 0 radical (unpaired) electrons. The molecular weight excluding hydrogens is 438 g/mol. The summed E-state index contributed by atoms with van der Waals surface area (Å²) in [6, 6.07) is 2.16. The predicted octanol–water partition coefficient (Wildman–Crippen LogP) is 6.08. The van der Waals surface area contributed by atoms with Gasteiger partial charge in [0.1, 0.15) is 11.9 Å². The Morgan fingerprint density at radius 2 is 1.67 bits per heavy atom. The second-order valence-electron chi connectivity index (χ2n) is 11.2. The Balaban J connectivity index is 0.00000259. The second-order valence-corrected chi connectivity index (χ2v) is 11.2. The number of nitrogens with zero attached hydrogens (tertiary/aromatic N) is 1. The molecule has 0 saturated carbocycles. The maximum atomic E-state index is 6.38. The Morgan fingerprint density at radius 1 is 0.939 bits per heavy atom. The van der Waals surface area contributed by atoms with Gasteiger partial charge in [0.25, 0.3) is 0 Å². The third-order valence-electron chi connectivity index (χ3n) is 6.87. The van der Waals surface area contributed by atoms with Gasteiger partial charge in [-0.2, -0.15) is 0 Å². The highest BCUT2D eigenvalue weighted by Crippen LogP contribution is 2.54. The Hall–Kier alpha value is -2.40. The van der Waals surface area contributed by atoms with Gasteiger partial charge >= 0.3 is 0 Å². The smallest absolute Gasteiger partial charge is 0.166 e. The zero-order valence-corrected chi connectivity index (χ0v) is 21.7. The molecule has 3 heterocycles. The van der Waals surface area contributed by atoms with Crippen LogP contribution in [0.25, 0.3) is 0 Å². The van der Waals surface area contributed by atoms with Crippen LogP contribution >= 0.6 is 12.4 Å². The highest BCUT2D eigenvalue weighted by Gasteiger charge is 2.46. The third kappa shape index (κ3) is 3.65. The van der Waals surface area contributed by atoms with Crippen molar-refractivity contribution in [3.63, 3.8) is 0 Å². The number of allylic oxidation sites excluding steroid dienone is 2. The Bertz CT molecular complexity index is 1150. The predicted molar refractivity (Wildman–Crippen MR) is 133 cm³/mol. The highest BCUT2D eigenvalue weighted by molar-refractivity contribution is 6.18. The molecule has 5 nitrogen and oxygen atoms in total. The van der Waals surface area contributed by atoms with Crippen molar-refractivity contribution in [1.29, 1.82) is 0 Å². The van der Waals surface area contributed by atoms with E-state index in [-0.39, 0.29) is 29.0 Å². The van der Waals surface area contributed by atoms with Crippen molar-refractivity contribution >= 4 is 18.1 Å². The van der Waals surface area contributed by atoms with E-state index in [2.05, 4.69) is 47.6 Å². The molecule has 0 saturated heterocycles. The lowest BCUT2D eigenvalue weighted by atomic mass is 9.74. The van der Waals surface area contributed by atoms with E-state index in [0.29, 0.717) is 0 Å². The fraction of sp³-hybridized carbons (Fsp3) is 0.519. The average Bonchev–Trinajstić information content (AvgIpc) is 3.16. The SMILES string of the molecule is COC1=COC=C2CC(C)(C)C(C3=NC(C)(C)Cc4cc(OC)c5c(c43)CC(C)(C)O5)=C21.Cl. The summed E-state index contributed by atoms with van der Waals surface area (Å²) < 4.78 is 23.5. The number of aliphatic imine (C=N–C) groups is 1. The normalized spacial score (nSPS) is 23.0. The number of hydrogen-bond donors (Lipinski definition) is 0. The largest absolute Gasteiger partial charge is 0.493 e. The van der Waals surface area contributed by atoms with Crippen LogP contribution in [0.2, 0.25) is 0 Å². The van der Waals surface area contributed by atoms with Gasteiger partial charge in [-0.25, -0.2) is 0 Å². The Morgan fingerprint density at radius 3 is 2.33 bits per heavy atom. The first-order valence-electron chi connectivity index (χ1n) is 11.3. The van der Waals surface area contributed by atoms with Crippen molar-refractivity contribution in [3.8, 4) is 11.5 Å². The minimum absolute atomic E-state index is 0. The molecule has 1 aromatic carbocycles. The number of methoxy groups -OCH3 is 2. The van der Waals surface area contributed by atoms with Gasteiger partial charge in [0.05, 0.1) is 31.7 Å². The summed E-state index contributed by atoms with van der Waals surface area (Å²) in [5.74, 6) is 2.43. The maximum absolute atomic E-state index is 6.38. The van der Waals surface area contributed by atoms with E-state index in [1.807, 2.05) is 6.26 Å². The van der Waals surface area contributed by atoms with Crippen LogP contribution in [-0.2, 0) is 22.3 Å². The lowest BCUT2D eigenvalue weighted by Crippen LogP contribution is -2.33. The Kier molecular flexibility index (Phi) is 5.44. The van der Waals surface area contributed by atoms with Gasteiger partial charge < -0.3 is 18.9 Å². The molecule has 0 bridgehead atoms. The van der Waals surface area contributed by atoms with Crippen LogP contribution in [0.5, 0.6) is 11.5 Å². The van der Waals surface area contributed by atoms with Crippen molar-refractivity contribution in [1.82, 2.24) is 0 Å². The summed E-state index contributed by atoms with van der Waals surface area (Å²) in [4.78, 5) is 5.39. The molecule has 0 N–H and O–H groups in total. The van der Waals surface area contributed by atoms with Crippen molar-refractivity contribution in [2.45, 2.75) is 71.9 Å². The first-order valence-corrected chi connectivity index (χ1v) is 11.3. The monoisotopic (exact) mass is 471 g/mol. The van der Waals surface area contributed by atoms with E-state index < -0.39 is 0 Å². The minimum atomic E-state index is -0.285. The number of ether oxygens (including phenoxy) is 4. The summed E-state index contributed by atoms with van der Waals surface area (Å²) in [5, 5.41) is 0. The fourth-order valence-corrected chi connectivity index (χ4v) is 5.76.